The Morgan fingerprint density at radius 1 is 1.10 bits per heavy atom. The molecule has 1 aliphatic heterocycles. The lowest BCUT2D eigenvalue weighted by Crippen LogP contribution is -2.46. The number of piperidine rings is 1. The monoisotopic (exact) mass is 417 g/mol. The summed E-state index contributed by atoms with van der Waals surface area (Å²) in [6.45, 7) is 3.61. The first-order valence-electron chi connectivity index (χ1n) is 10.2. The molecule has 0 saturated carbocycles. The number of halogens is 1. The molecule has 158 valence electrons. The maximum absolute atomic E-state index is 11.8. The van der Waals surface area contributed by atoms with Gasteiger partial charge in [0.15, 0.2) is 0 Å². The van der Waals surface area contributed by atoms with Gasteiger partial charge in [-0.3, -0.25) is 9.69 Å². The third-order valence-electron chi connectivity index (χ3n) is 5.19. The Balaban J connectivity index is 0.00000300. The second kappa shape index (κ2) is 12.5. The van der Waals surface area contributed by atoms with E-state index in [1.165, 1.54) is 18.4 Å². The van der Waals surface area contributed by atoms with E-state index in [0.29, 0.717) is 32.2 Å². The lowest BCUT2D eigenvalue weighted by molar-refractivity contribution is -0.121. The first-order valence-corrected chi connectivity index (χ1v) is 10.2. The van der Waals surface area contributed by atoms with Gasteiger partial charge in [0.05, 0.1) is 0 Å². The number of benzene rings is 2. The minimum absolute atomic E-state index is 0. The van der Waals surface area contributed by atoms with Gasteiger partial charge in [0.2, 0.25) is 5.91 Å². The number of hydrogen-bond donors (Lipinski definition) is 2. The SMILES string of the molecule is Cl.NCCC(=O)NCC1CCCCN1Cc1cccc(OCc2ccccc2)c1. The molecule has 3 rings (SSSR count). The van der Waals surface area contributed by atoms with E-state index in [9.17, 15) is 4.79 Å². The molecule has 29 heavy (non-hydrogen) atoms. The Kier molecular flexibility index (Phi) is 9.98. The molecule has 1 atom stereocenters. The van der Waals surface area contributed by atoms with Gasteiger partial charge in [0, 0.05) is 32.1 Å². The molecule has 0 bridgehead atoms. The molecule has 3 N–H and O–H groups in total. The topological polar surface area (TPSA) is 67.6 Å². The average Bonchev–Trinajstić information content (AvgIpc) is 2.73. The summed E-state index contributed by atoms with van der Waals surface area (Å²) in [6.07, 6.45) is 3.94. The van der Waals surface area contributed by atoms with Crippen molar-refractivity contribution in [2.24, 2.45) is 5.73 Å². The number of carbonyl (C=O) groups is 1. The largest absolute Gasteiger partial charge is 0.489 e. The molecule has 1 heterocycles. The molecular formula is C23H32ClN3O2. The van der Waals surface area contributed by atoms with Crippen LogP contribution in [0.5, 0.6) is 5.75 Å². The maximum atomic E-state index is 11.8. The van der Waals surface area contributed by atoms with Gasteiger partial charge in [-0.15, -0.1) is 12.4 Å². The zero-order valence-electron chi connectivity index (χ0n) is 16.9. The number of nitrogens with two attached hydrogens (primary N) is 1. The smallest absolute Gasteiger partial charge is 0.221 e. The second-order valence-corrected chi connectivity index (χ2v) is 7.38. The molecule has 2 aromatic carbocycles. The second-order valence-electron chi connectivity index (χ2n) is 7.38. The third kappa shape index (κ3) is 7.69. The van der Waals surface area contributed by atoms with Gasteiger partial charge in [0.1, 0.15) is 12.4 Å². The fraction of sp³-hybridized carbons (Fsp3) is 0.435. The minimum atomic E-state index is 0. The highest BCUT2D eigenvalue weighted by molar-refractivity contribution is 5.85. The van der Waals surface area contributed by atoms with Crippen molar-refractivity contribution in [2.75, 3.05) is 19.6 Å². The van der Waals surface area contributed by atoms with Crippen molar-refractivity contribution in [1.82, 2.24) is 10.2 Å². The van der Waals surface area contributed by atoms with E-state index < -0.39 is 0 Å². The zero-order chi connectivity index (χ0) is 19.6. The molecule has 1 fully saturated rings. The number of hydrogen-bond acceptors (Lipinski definition) is 4. The van der Waals surface area contributed by atoms with Crippen molar-refractivity contribution < 1.29 is 9.53 Å². The quantitative estimate of drug-likeness (QED) is 0.655. The molecule has 1 amide bonds. The summed E-state index contributed by atoms with van der Waals surface area (Å²) in [4.78, 5) is 14.2. The fourth-order valence-electron chi connectivity index (χ4n) is 3.66. The highest BCUT2D eigenvalue weighted by atomic mass is 35.5. The number of rotatable bonds is 9. The summed E-state index contributed by atoms with van der Waals surface area (Å²) in [5.74, 6) is 0.940. The zero-order valence-corrected chi connectivity index (χ0v) is 17.7. The number of nitrogens with one attached hydrogen (secondary N) is 1. The highest BCUT2D eigenvalue weighted by Crippen LogP contribution is 2.22. The lowest BCUT2D eigenvalue weighted by Gasteiger charge is -2.36. The Hall–Kier alpha value is -2.08. The van der Waals surface area contributed by atoms with Crippen molar-refractivity contribution >= 4 is 18.3 Å². The molecule has 1 saturated heterocycles. The molecule has 0 aromatic heterocycles. The van der Waals surface area contributed by atoms with Crippen LogP contribution in [0.4, 0.5) is 0 Å². The molecule has 2 aromatic rings. The normalized spacial score (nSPS) is 16.7. The summed E-state index contributed by atoms with van der Waals surface area (Å²) in [7, 11) is 0. The van der Waals surface area contributed by atoms with Crippen LogP contribution in [-0.4, -0.2) is 36.5 Å². The van der Waals surface area contributed by atoms with E-state index in [1.807, 2.05) is 24.3 Å². The Morgan fingerprint density at radius 2 is 1.90 bits per heavy atom. The van der Waals surface area contributed by atoms with Gasteiger partial charge in [-0.1, -0.05) is 48.9 Å². The van der Waals surface area contributed by atoms with E-state index >= 15 is 0 Å². The number of likely N-dealkylation sites (tertiary alicyclic amines) is 1. The first kappa shape index (κ1) is 23.2. The summed E-state index contributed by atoms with van der Waals surface area (Å²) < 4.78 is 5.97. The van der Waals surface area contributed by atoms with Crippen LogP contribution in [0.2, 0.25) is 0 Å². The molecule has 0 spiro atoms. The van der Waals surface area contributed by atoms with Gasteiger partial charge < -0.3 is 15.8 Å². The average molecular weight is 418 g/mol. The van der Waals surface area contributed by atoms with Crippen LogP contribution in [0, 0.1) is 0 Å². The van der Waals surface area contributed by atoms with Crippen molar-refractivity contribution in [3.8, 4) is 5.75 Å². The van der Waals surface area contributed by atoms with Crippen molar-refractivity contribution in [1.29, 1.82) is 0 Å². The Labute approximate surface area is 180 Å². The molecule has 6 heteroatoms. The van der Waals surface area contributed by atoms with Crippen LogP contribution in [0.1, 0.15) is 36.8 Å². The molecule has 1 aliphatic rings. The molecule has 5 nitrogen and oxygen atoms in total. The van der Waals surface area contributed by atoms with Crippen molar-refractivity contribution in [2.45, 2.75) is 44.9 Å². The molecular weight excluding hydrogens is 386 g/mol. The summed E-state index contributed by atoms with van der Waals surface area (Å²) in [5, 5.41) is 3.03. The Morgan fingerprint density at radius 3 is 2.69 bits per heavy atom. The van der Waals surface area contributed by atoms with Gasteiger partial charge in [-0.25, -0.2) is 0 Å². The van der Waals surface area contributed by atoms with Gasteiger partial charge in [-0.2, -0.15) is 0 Å². The van der Waals surface area contributed by atoms with Crippen molar-refractivity contribution in [3.63, 3.8) is 0 Å². The fourth-order valence-corrected chi connectivity index (χ4v) is 3.66. The van der Waals surface area contributed by atoms with Crippen LogP contribution >= 0.6 is 12.4 Å². The molecule has 0 aliphatic carbocycles. The number of amides is 1. The van der Waals surface area contributed by atoms with E-state index in [-0.39, 0.29) is 18.3 Å². The van der Waals surface area contributed by atoms with E-state index in [2.05, 4.69) is 40.5 Å². The van der Waals surface area contributed by atoms with Crippen LogP contribution in [-0.2, 0) is 17.9 Å². The number of nitrogens with zero attached hydrogens (tertiary/aromatic N) is 1. The maximum Gasteiger partial charge on any atom is 0.221 e. The first-order chi connectivity index (χ1) is 13.7. The summed E-state index contributed by atoms with van der Waals surface area (Å²) in [5.41, 5.74) is 7.87. The van der Waals surface area contributed by atoms with Gasteiger partial charge >= 0.3 is 0 Å². The van der Waals surface area contributed by atoms with Crippen LogP contribution in [0.3, 0.4) is 0 Å². The van der Waals surface area contributed by atoms with Crippen LogP contribution in [0.25, 0.3) is 0 Å². The highest BCUT2D eigenvalue weighted by Gasteiger charge is 2.22. The predicted octanol–water partition coefficient (Wildman–Crippen LogP) is 3.51. The minimum Gasteiger partial charge on any atom is -0.489 e. The Bertz CT molecular complexity index is 742. The van der Waals surface area contributed by atoms with E-state index in [0.717, 1.165) is 30.8 Å². The molecule has 0 radical (unpaired) electrons. The lowest BCUT2D eigenvalue weighted by atomic mass is 10.0. The van der Waals surface area contributed by atoms with Gasteiger partial charge in [-0.05, 0) is 42.6 Å². The number of ether oxygens (including phenoxy) is 1. The van der Waals surface area contributed by atoms with Crippen molar-refractivity contribution in [3.05, 3.63) is 65.7 Å². The summed E-state index contributed by atoms with van der Waals surface area (Å²) >= 11 is 0. The summed E-state index contributed by atoms with van der Waals surface area (Å²) in [6, 6.07) is 18.9. The van der Waals surface area contributed by atoms with Crippen LogP contribution < -0.4 is 15.8 Å². The van der Waals surface area contributed by atoms with Crippen LogP contribution in [0.15, 0.2) is 54.6 Å². The molecule has 1 unspecified atom stereocenters. The van der Waals surface area contributed by atoms with E-state index in [4.69, 9.17) is 10.5 Å². The number of carbonyl (C=O) groups excluding carboxylic acids is 1. The standard InChI is InChI=1S/C23H31N3O2.ClH/c24-13-12-23(27)25-16-21-10-4-5-14-26(21)17-20-9-6-11-22(15-20)28-18-19-7-2-1-3-8-19;/h1-3,6-9,11,15,21H,4-5,10,12-14,16-18,24H2,(H,25,27);1H. The van der Waals surface area contributed by atoms with Gasteiger partial charge in [0.25, 0.3) is 0 Å². The predicted molar refractivity (Wildman–Crippen MR) is 119 cm³/mol. The third-order valence-corrected chi connectivity index (χ3v) is 5.19. The van der Waals surface area contributed by atoms with E-state index in [1.54, 1.807) is 0 Å².